The molecule has 2 aliphatic carbocycles. The van der Waals surface area contributed by atoms with Crippen molar-refractivity contribution in [3.63, 3.8) is 0 Å². The normalized spacial score (nSPS) is 38.0. The summed E-state index contributed by atoms with van der Waals surface area (Å²) in [6, 6.07) is 1.05. The molecule has 0 aromatic rings. The van der Waals surface area contributed by atoms with Gasteiger partial charge in [0.05, 0.1) is 19.1 Å². The van der Waals surface area contributed by atoms with Crippen molar-refractivity contribution < 1.29 is 23.9 Å². The van der Waals surface area contributed by atoms with Crippen LogP contribution in [0.5, 0.6) is 0 Å². The lowest BCUT2D eigenvalue weighted by Gasteiger charge is -2.50. The number of hydrogen-bond donors (Lipinski definition) is 2. The Balaban J connectivity index is 1.26. The number of carbonyl (C=O) groups excluding carboxylic acids is 3. The van der Waals surface area contributed by atoms with Crippen LogP contribution in [0.15, 0.2) is 0 Å². The molecule has 3 amide bonds. The molecule has 7 atom stereocenters. The van der Waals surface area contributed by atoms with Gasteiger partial charge < -0.3 is 25.0 Å². The molecule has 0 spiro atoms. The van der Waals surface area contributed by atoms with Gasteiger partial charge in [0.1, 0.15) is 0 Å². The number of nitrogens with zero attached hydrogens (tertiary/aromatic N) is 2. The third-order valence-electron chi connectivity index (χ3n) is 11.9. The molecule has 5 rings (SSSR count). The van der Waals surface area contributed by atoms with Gasteiger partial charge in [-0.25, -0.2) is 0 Å². The Hall–Kier alpha value is -1.71. The summed E-state index contributed by atoms with van der Waals surface area (Å²) in [5.41, 5.74) is 0. The maximum Gasteiger partial charge on any atom is 0.225 e. The number of rotatable bonds is 8. The zero-order valence-electron chi connectivity index (χ0n) is 27.2. The summed E-state index contributed by atoms with van der Waals surface area (Å²) in [7, 11) is 0. The summed E-state index contributed by atoms with van der Waals surface area (Å²) in [4.78, 5) is 44.6. The molecule has 0 bridgehead atoms. The summed E-state index contributed by atoms with van der Waals surface area (Å²) in [5, 5.41) is 6.35. The van der Waals surface area contributed by atoms with E-state index in [9.17, 15) is 14.4 Å². The molecule has 0 aromatic carbocycles. The van der Waals surface area contributed by atoms with E-state index in [1.54, 1.807) is 0 Å². The molecular formula is C34H58N4O5. The van der Waals surface area contributed by atoms with Gasteiger partial charge in [-0.1, -0.05) is 20.8 Å². The number of ether oxygens (including phenoxy) is 2. The van der Waals surface area contributed by atoms with Crippen molar-refractivity contribution in [1.29, 1.82) is 0 Å². The van der Waals surface area contributed by atoms with Gasteiger partial charge in [-0.05, 0) is 94.9 Å². The van der Waals surface area contributed by atoms with Gasteiger partial charge in [0.15, 0.2) is 0 Å². The van der Waals surface area contributed by atoms with Crippen LogP contribution in [0.25, 0.3) is 0 Å². The van der Waals surface area contributed by atoms with Crippen LogP contribution < -0.4 is 10.6 Å². The predicted octanol–water partition coefficient (Wildman–Crippen LogP) is 3.46. The first-order chi connectivity index (χ1) is 20.8. The molecule has 0 radical (unpaired) electrons. The monoisotopic (exact) mass is 602 g/mol. The highest BCUT2D eigenvalue weighted by atomic mass is 16.5. The van der Waals surface area contributed by atoms with E-state index < -0.39 is 0 Å². The second kappa shape index (κ2) is 15.0. The second-order valence-electron chi connectivity index (χ2n) is 14.5. The summed E-state index contributed by atoms with van der Waals surface area (Å²) < 4.78 is 11.2. The fourth-order valence-corrected chi connectivity index (χ4v) is 9.28. The summed E-state index contributed by atoms with van der Waals surface area (Å²) in [6.45, 7) is 14.5. The number of hydrogen-bond acceptors (Lipinski definition) is 6. The molecule has 3 saturated heterocycles. The molecule has 3 heterocycles. The molecule has 9 heteroatoms. The van der Waals surface area contributed by atoms with Crippen molar-refractivity contribution in [2.24, 2.45) is 41.4 Å². The smallest absolute Gasteiger partial charge is 0.225 e. The summed E-state index contributed by atoms with van der Waals surface area (Å²) in [5.74, 6) is 1.95. The zero-order chi connectivity index (χ0) is 30.5. The van der Waals surface area contributed by atoms with E-state index in [2.05, 4.69) is 43.2 Å². The number of piperidine rings is 1. The van der Waals surface area contributed by atoms with Crippen LogP contribution in [0.2, 0.25) is 0 Å². The van der Waals surface area contributed by atoms with Gasteiger partial charge in [-0.3, -0.25) is 19.3 Å². The highest BCUT2D eigenvalue weighted by Gasteiger charge is 2.46. The van der Waals surface area contributed by atoms with Crippen molar-refractivity contribution >= 4 is 17.7 Å². The van der Waals surface area contributed by atoms with Gasteiger partial charge in [0, 0.05) is 62.8 Å². The third-order valence-corrected chi connectivity index (χ3v) is 11.9. The van der Waals surface area contributed by atoms with Gasteiger partial charge >= 0.3 is 0 Å². The van der Waals surface area contributed by atoms with E-state index >= 15 is 0 Å². The van der Waals surface area contributed by atoms with Crippen LogP contribution >= 0.6 is 0 Å². The Morgan fingerprint density at radius 2 is 1.58 bits per heavy atom. The van der Waals surface area contributed by atoms with Crippen molar-refractivity contribution in [2.45, 2.75) is 104 Å². The van der Waals surface area contributed by atoms with E-state index in [-0.39, 0.29) is 47.4 Å². The fourth-order valence-electron chi connectivity index (χ4n) is 9.28. The first-order valence-electron chi connectivity index (χ1n) is 17.5. The minimum atomic E-state index is -0.167. The first-order valence-corrected chi connectivity index (χ1v) is 17.5. The van der Waals surface area contributed by atoms with Crippen molar-refractivity contribution in [3.8, 4) is 0 Å². The molecule has 2 saturated carbocycles. The molecule has 43 heavy (non-hydrogen) atoms. The second-order valence-corrected chi connectivity index (χ2v) is 14.5. The third kappa shape index (κ3) is 7.75. The SMILES string of the molecule is CCN(C1CCOCC1)C1CC(C2CCC(C(=O)N3CCOCC3)CC2)CC(C(=O)NCC2C(=O)NC(C)CC2C)C1C. The molecule has 3 aliphatic heterocycles. The highest BCUT2D eigenvalue weighted by Crippen LogP contribution is 2.46. The fraction of sp³-hybridized carbons (Fsp3) is 0.912. The minimum absolute atomic E-state index is 0.0637. The first kappa shape index (κ1) is 32.7. The van der Waals surface area contributed by atoms with E-state index in [1.807, 2.05) is 4.90 Å². The topological polar surface area (TPSA) is 100 Å². The molecule has 5 fully saturated rings. The van der Waals surface area contributed by atoms with Crippen molar-refractivity contribution in [2.75, 3.05) is 52.6 Å². The quantitative estimate of drug-likeness (QED) is 0.442. The molecule has 9 nitrogen and oxygen atoms in total. The van der Waals surface area contributed by atoms with E-state index in [1.165, 1.54) is 0 Å². The van der Waals surface area contributed by atoms with Crippen molar-refractivity contribution in [3.05, 3.63) is 0 Å². The largest absolute Gasteiger partial charge is 0.381 e. The number of amides is 3. The molecular weight excluding hydrogens is 544 g/mol. The standard InChI is InChI=1S/C34H58N4O5/c1-5-38(28-10-14-42-15-11-28)31-20-27(25-6-8-26(9-7-25)34(41)37-12-16-43-17-13-37)19-29(24(31)4)32(39)35-21-30-22(2)18-23(3)36-33(30)40/h22-31H,5-21H2,1-4H3,(H,35,39)(H,36,40). The van der Waals surface area contributed by atoms with E-state index in [0.717, 1.165) is 90.6 Å². The molecule has 244 valence electrons. The predicted molar refractivity (Wildman–Crippen MR) is 166 cm³/mol. The van der Waals surface area contributed by atoms with Gasteiger partial charge in [-0.15, -0.1) is 0 Å². The van der Waals surface area contributed by atoms with Crippen LogP contribution in [-0.4, -0.2) is 98.3 Å². The lowest BCUT2D eigenvalue weighted by Crippen LogP contribution is -2.56. The summed E-state index contributed by atoms with van der Waals surface area (Å²) >= 11 is 0. The molecule has 7 unspecified atom stereocenters. The number of carbonyl (C=O) groups is 3. The highest BCUT2D eigenvalue weighted by molar-refractivity contribution is 5.83. The van der Waals surface area contributed by atoms with Crippen LogP contribution in [-0.2, 0) is 23.9 Å². The van der Waals surface area contributed by atoms with Crippen LogP contribution in [0.1, 0.15) is 85.5 Å². The average molecular weight is 603 g/mol. The number of nitrogens with one attached hydrogen (secondary N) is 2. The minimum Gasteiger partial charge on any atom is -0.381 e. The Labute approximate surface area is 259 Å². The Bertz CT molecular complexity index is 943. The zero-order valence-corrected chi connectivity index (χ0v) is 27.2. The Kier molecular flexibility index (Phi) is 11.4. The van der Waals surface area contributed by atoms with Crippen LogP contribution in [0.3, 0.4) is 0 Å². The lowest BCUT2D eigenvalue weighted by atomic mass is 9.63. The Morgan fingerprint density at radius 3 is 2.23 bits per heavy atom. The van der Waals surface area contributed by atoms with Gasteiger partial charge in [0.25, 0.3) is 0 Å². The summed E-state index contributed by atoms with van der Waals surface area (Å²) in [6.07, 6.45) is 9.15. The maximum atomic E-state index is 14.0. The molecule has 0 aromatic heterocycles. The lowest BCUT2D eigenvalue weighted by molar-refractivity contribution is -0.141. The van der Waals surface area contributed by atoms with Crippen LogP contribution in [0, 0.1) is 41.4 Å². The molecule has 5 aliphatic rings. The van der Waals surface area contributed by atoms with Gasteiger partial charge in [0.2, 0.25) is 17.7 Å². The molecule has 2 N–H and O–H groups in total. The number of morpholine rings is 1. The van der Waals surface area contributed by atoms with E-state index in [0.29, 0.717) is 49.6 Å². The van der Waals surface area contributed by atoms with Crippen molar-refractivity contribution in [1.82, 2.24) is 20.4 Å². The maximum absolute atomic E-state index is 14.0. The van der Waals surface area contributed by atoms with E-state index in [4.69, 9.17) is 9.47 Å². The average Bonchev–Trinajstić information content (AvgIpc) is 3.02. The van der Waals surface area contributed by atoms with Gasteiger partial charge in [-0.2, -0.15) is 0 Å². The van der Waals surface area contributed by atoms with Crippen LogP contribution in [0.4, 0.5) is 0 Å². The Morgan fingerprint density at radius 1 is 0.907 bits per heavy atom.